The van der Waals surface area contributed by atoms with E-state index in [2.05, 4.69) is 11.3 Å². The van der Waals surface area contributed by atoms with E-state index in [1.54, 1.807) is 0 Å². The van der Waals surface area contributed by atoms with Gasteiger partial charge in [0.1, 0.15) is 0 Å². The molecule has 0 aliphatic heterocycles. The van der Waals surface area contributed by atoms with Crippen LogP contribution < -0.4 is 4.74 Å². The monoisotopic (exact) mass is 143 g/mol. The van der Waals surface area contributed by atoms with Crippen LogP contribution in [0.4, 0.5) is 0 Å². The highest BCUT2D eigenvalue weighted by Crippen LogP contribution is 2.08. The largest absolute Gasteiger partial charge is 0.477 e. The normalized spacial score (nSPS) is 9.44. The van der Waals surface area contributed by atoms with Crippen molar-refractivity contribution in [3.05, 3.63) is 11.4 Å². The van der Waals surface area contributed by atoms with E-state index in [1.165, 1.54) is 11.5 Å². The standard InChI is InChI=1S/C6H9NOS/c1-2-4-8-6-3-5-9-7-6/h3,5H,2,4H2,1H3. The molecule has 0 bridgehead atoms. The minimum atomic E-state index is 0.752. The lowest BCUT2D eigenvalue weighted by Crippen LogP contribution is -1.93. The van der Waals surface area contributed by atoms with Gasteiger partial charge in [0.25, 0.3) is 0 Å². The molecular weight excluding hydrogens is 134 g/mol. The summed E-state index contributed by atoms with van der Waals surface area (Å²) in [6, 6.07) is 1.88. The van der Waals surface area contributed by atoms with E-state index in [4.69, 9.17) is 4.74 Å². The summed E-state index contributed by atoms with van der Waals surface area (Å²) in [4.78, 5) is 0. The van der Waals surface area contributed by atoms with Crippen molar-refractivity contribution in [2.24, 2.45) is 0 Å². The maximum atomic E-state index is 5.19. The highest BCUT2D eigenvalue weighted by Gasteiger charge is 1.90. The molecule has 0 fully saturated rings. The van der Waals surface area contributed by atoms with Crippen LogP contribution in [0.2, 0.25) is 0 Å². The van der Waals surface area contributed by atoms with Gasteiger partial charge in [0.15, 0.2) is 0 Å². The van der Waals surface area contributed by atoms with E-state index >= 15 is 0 Å². The Morgan fingerprint density at radius 2 is 2.67 bits per heavy atom. The third-order valence-electron chi connectivity index (χ3n) is 0.868. The van der Waals surface area contributed by atoms with Gasteiger partial charge < -0.3 is 4.74 Å². The summed E-state index contributed by atoms with van der Waals surface area (Å²) in [6.07, 6.45) is 1.04. The fraction of sp³-hybridized carbons (Fsp3) is 0.500. The second-order valence-electron chi connectivity index (χ2n) is 1.69. The first-order valence-corrected chi connectivity index (χ1v) is 3.80. The number of rotatable bonds is 3. The first kappa shape index (κ1) is 6.55. The molecule has 9 heavy (non-hydrogen) atoms. The first-order chi connectivity index (χ1) is 4.43. The van der Waals surface area contributed by atoms with E-state index in [0.717, 1.165) is 18.9 Å². The lowest BCUT2D eigenvalue weighted by molar-refractivity contribution is 0.308. The quantitative estimate of drug-likeness (QED) is 0.645. The van der Waals surface area contributed by atoms with Crippen LogP contribution in [0.5, 0.6) is 5.88 Å². The molecule has 0 aromatic carbocycles. The van der Waals surface area contributed by atoms with Crippen LogP contribution in [-0.4, -0.2) is 11.0 Å². The van der Waals surface area contributed by atoms with E-state index in [9.17, 15) is 0 Å². The topological polar surface area (TPSA) is 22.1 Å². The Morgan fingerprint density at radius 1 is 1.78 bits per heavy atom. The van der Waals surface area contributed by atoms with E-state index < -0.39 is 0 Å². The molecule has 0 saturated carbocycles. The van der Waals surface area contributed by atoms with Crippen LogP contribution >= 0.6 is 11.5 Å². The van der Waals surface area contributed by atoms with Crippen molar-refractivity contribution in [3.8, 4) is 5.88 Å². The van der Waals surface area contributed by atoms with Crippen molar-refractivity contribution in [2.45, 2.75) is 13.3 Å². The fourth-order valence-electron chi connectivity index (χ4n) is 0.483. The molecule has 0 amide bonds. The number of nitrogens with zero attached hydrogens (tertiary/aromatic N) is 1. The van der Waals surface area contributed by atoms with Crippen LogP contribution in [0, 0.1) is 0 Å². The zero-order chi connectivity index (χ0) is 6.53. The average molecular weight is 143 g/mol. The van der Waals surface area contributed by atoms with E-state index in [0.29, 0.717) is 0 Å². The number of ether oxygens (including phenoxy) is 1. The summed E-state index contributed by atoms with van der Waals surface area (Å²) in [5.74, 6) is 0.752. The Kier molecular flexibility index (Phi) is 2.51. The molecule has 0 atom stereocenters. The molecule has 0 unspecified atom stereocenters. The molecule has 0 saturated heterocycles. The Labute approximate surface area is 58.6 Å². The molecule has 2 nitrogen and oxygen atoms in total. The molecule has 1 rings (SSSR count). The molecule has 0 aliphatic rings. The van der Waals surface area contributed by atoms with Crippen molar-refractivity contribution in [1.29, 1.82) is 0 Å². The van der Waals surface area contributed by atoms with Gasteiger partial charge in [-0.25, -0.2) is 0 Å². The fourth-order valence-corrected chi connectivity index (χ4v) is 0.938. The van der Waals surface area contributed by atoms with Crippen LogP contribution in [-0.2, 0) is 0 Å². The first-order valence-electron chi connectivity index (χ1n) is 2.96. The second kappa shape index (κ2) is 3.45. The number of aromatic nitrogens is 1. The van der Waals surface area contributed by atoms with Crippen molar-refractivity contribution >= 4 is 11.5 Å². The van der Waals surface area contributed by atoms with Crippen LogP contribution in [0.25, 0.3) is 0 Å². The summed E-state index contributed by atoms with van der Waals surface area (Å²) in [6.45, 7) is 2.84. The van der Waals surface area contributed by atoms with Gasteiger partial charge in [-0.3, -0.25) is 0 Å². The van der Waals surface area contributed by atoms with Crippen LogP contribution in [0.15, 0.2) is 11.4 Å². The Bertz CT molecular complexity index is 150. The van der Waals surface area contributed by atoms with Gasteiger partial charge in [0, 0.05) is 11.4 Å². The van der Waals surface area contributed by atoms with Gasteiger partial charge in [-0.1, -0.05) is 6.92 Å². The Morgan fingerprint density at radius 3 is 3.22 bits per heavy atom. The van der Waals surface area contributed by atoms with Gasteiger partial charge >= 0.3 is 0 Å². The third kappa shape index (κ3) is 2.01. The molecule has 0 N–H and O–H groups in total. The second-order valence-corrected chi connectivity index (χ2v) is 2.35. The van der Waals surface area contributed by atoms with Gasteiger partial charge in [0.2, 0.25) is 5.88 Å². The van der Waals surface area contributed by atoms with E-state index in [-0.39, 0.29) is 0 Å². The average Bonchev–Trinajstić information content (AvgIpc) is 2.34. The molecule has 0 spiro atoms. The highest BCUT2D eigenvalue weighted by atomic mass is 32.1. The summed E-state index contributed by atoms with van der Waals surface area (Å²) >= 11 is 1.42. The highest BCUT2D eigenvalue weighted by molar-refractivity contribution is 7.03. The van der Waals surface area contributed by atoms with Gasteiger partial charge in [0.05, 0.1) is 6.61 Å². The molecule has 0 radical (unpaired) electrons. The minimum Gasteiger partial charge on any atom is -0.477 e. The van der Waals surface area contributed by atoms with Crippen LogP contribution in [0.1, 0.15) is 13.3 Å². The lowest BCUT2D eigenvalue weighted by Gasteiger charge is -1.96. The molecular formula is C6H9NOS. The summed E-state index contributed by atoms with van der Waals surface area (Å²) < 4.78 is 9.17. The van der Waals surface area contributed by atoms with Crippen molar-refractivity contribution in [1.82, 2.24) is 4.37 Å². The predicted octanol–water partition coefficient (Wildman–Crippen LogP) is 1.93. The maximum absolute atomic E-state index is 5.19. The Balaban J connectivity index is 2.30. The van der Waals surface area contributed by atoms with Gasteiger partial charge in [-0.2, -0.15) is 4.37 Å². The van der Waals surface area contributed by atoms with Crippen molar-refractivity contribution in [2.75, 3.05) is 6.61 Å². The minimum absolute atomic E-state index is 0.752. The summed E-state index contributed by atoms with van der Waals surface area (Å²) in [5, 5.41) is 1.91. The molecule has 1 aromatic rings. The lowest BCUT2D eigenvalue weighted by atomic mass is 10.5. The van der Waals surface area contributed by atoms with Crippen LogP contribution in [0.3, 0.4) is 0 Å². The summed E-state index contributed by atoms with van der Waals surface area (Å²) in [7, 11) is 0. The smallest absolute Gasteiger partial charge is 0.225 e. The zero-order valence-corrected chi connectivity index (χ0v) is 6.15. The zero-order valence-electron chi connectivity index (χ0n) is 5.33. The number of hydrogen-bond acceptors (Lipinski definition) is 3. The predicted molar refractivity (Wildman–Crippen MR) is 37.9 cm³/mol. The van der Waals surface area contributed by atoms with Crippen molar-refractivity contribution in [3.63, 3.8) is 0 Å². The molecule has 1 heterocycles. The van der Waals surface area contributed by atoms with Crippen molar-refractivity contribution < 1.29 is 4.74 Å². The SMILES string of the molecule is CCCOc1ccsn1. The Hall–Kier alpha value is -0.570. The van der Waals surface area contributed by atoms with Gasteiger partial charge in [-0.15, -0.1) is 0 Å². The molecule has 3 heteroatoms. The van der Waals surface area contributed by atoms with Gasteiger partial charge in [-0.05, 0) is 18.0 Å². The molecule has 1 aromatic heterocycles. The third-order valence-corrected chi connectivity index (χ3v) is 1.41. The van der Waals surface area contributed by atoms with E-state index in [1.807, 2.05) is 11.4 Å². The molecule has 50 valence electrons. The maximum Gasteiger partial charge on any atom is 0.225 e. The number of hydrogen-bond donors (Lipinski definition) is 0. The molecule has 0 aliphatic carbocycles. The summed E-state index contributed by atoms with van der Waals surface area (Å²) in [5.41, 5.74) is 0.